The lowest BCUT2D eigenvalue weighted by Crippen LogP contribution is -1.89. The highest BCUT2D eigenvalue weighted by atomic mass is 31.1. The van der Waals surface area contributed by atoms with Crippen molar-refractivity contribution >= 4 is 13.6 Å². The molecule has 0 aliphatic heterocycles. The molecule has 2 aliphatic carbocycles. The number of hydrogen-bond donors (Lipinski definition) is 0. The lowest BCUT2D eigenvalue weighted by molar-refractivity contribution is -0.111. The fourth-order valence-corrected chi connectivity index (χ4v) is 0.940. The van der Waals surface area contributed by atoms with Gasteiger partial charge >= 0.3 is 0 Å². The fraction of sp³-hybridized carbons (Fsp3) is 0.222. The van der Waals surface area contributed by atoms with Gasteiger partial charge in [-0.05, 0) is 0 Å². The molecule has 0 atom stereocenters. The number of carbonyl (C=O) groups excluding carboxylic acids is 1. The molecular formula is C9H10O2P. The van der Waals surface area contributed by atoms with Crippen molar-refractivity contribution in [1.29, 1.82) is 0 Å². The Morgan fingerprint density at radius 2 is 1.42 bits per heavy atom. The normalized spacial score (nSPS) is 16.7. The Morgan fingerprint density at radius 3 is 1.50 bits per heavy atom. The Labute approximate surface area is 72.5 Å². The lowest BCUT2D eigenvalue weighted by Gasteiger charge is -1.78. The molecule has 0 spiro atoms. The van der Waals surface area contributed by atoms with Crippen LogP contribution in [0.1, 0.15) is 0 Å². The molecule has 3 heteroatoms. The molecule has 0 heterocycles. The zero-order valence-electron chi connectivity index (χ0n) is 7.07. The topological polar surface area (TPSA) is 34.1 Å². The van der Waals surface area contributed by atoms with Crippen LogP contribution in [0.3, 0.4) is 0 Å². The Kier molecular flexibility index (Phi) is 2.72. The van der Waals surface area contributed by atoms with Crippen molar-refractivity contribution in [2.45, 2.75) is 0 Å². The first-order valence-corrected chi connectivity index (χ1v) is 5.76. The molecule has 0 aromatic carbocycles. The Morgan fingerprint density at radius 1 is 1.08 bits per heavy atom. The molecule has 1 radical (unpaired) electrons. The third-order valence-electron chi connectivity index (χ3n) is 1.41. The third-order valence-corrected chi connectivity index (χ3v) is 1.41. The summed E-state index contributed by atoms with van der Waals surface area (Å²) in [5.74, 6) is 0.185. The van der Waals surface area contributed by atoms with Gasteiger partial charge in [0.1, 0.15) is 0 Å². The molecule has 2 rings (SSSR count). The second-order valence-electron chi connectivity index (χ2n) is 2.72. The molecule has 2 bridgehead atoms. The van der Waals surface area contributed by atoms with E-state index in [0.717, 1.165) is 11.1 Å². The van der Waals surface area contributed by atoms with Gasteiger partial charge in [-0.2, -0.15) is 0 Å². The van der Waals surface area contributed by atoms with E-state index in [1.54, 1.807) is 13.3 Å². The third kappa shape index (κ3) is 1.99. The Hall–Kier alpha value is -1.01. The van der Waals surface area contributed by atoms with E-state index in [4.69, 9.17) is 0 Å². The maximum absolute atomic E-state index is 10.8. The van der Waals surface area contributed by atoms with Gasteiger partial charge < -0.3 is 0 Å². The van der Waals surface area contributed by atoms with Gasteiger partial charge in [0.2, 0.25) is 0 Å². The largest absolute Gasteiger partial charge is 0.289 e. The molecule has 0 aromatic heterocycles. The SMILES string of the molecule is C[P](C)=O.O=C1C2=CC=C1C=C2. The zero-order chi connectivity index (χ0) is 9.14. The van der Waals surface area contributed by atoms with Gasteiger partial charge in [-0.1, -0.05) is 24.3 Å². The minimum Gasteiger partial charge on any atom is -0.289 e. The molecule has 0 aromatic rings. The van der Waals surface area contributed by atoms with Gasteiger partial charge in [0.05, 0.1) is 7.80 Å². The van der Waals surface area contributed by atoms with Crippen LogP contribution >= 0.6 is 7.80 Å². The first-order valence-electron chi connectivity index (χ1n) is 3.60. The van der Waals surface area contributed by atoms with Crippen molar-refractivity contribution in [3.05, 3.63) is 35.5 Å². The van der Waals surface area contributed by atoms with Crippen LogP contribution in [0.2, 0.25) is 0 Å². The maximum Gasteiger partial charge on any atom is 0.193 e. The molecule has 2 aliphatic rings. The van der Waals surface area contributed by atoms with E-state index in [2.05, 4.69) is 0 Å². The molecule has 0 saturated heterocycles. The number of allylic oxidation sites excluding steroid dienone is 6. The minimum atomic E-state index is -0.870. The molecule has 63 valence electrons. The molecule has 0 amide bonds. The zero-order valence-corrected chi connectivity index (χ0v) is 7.97. The van der Waals surface area contributed by atoms with Crippen LogP contribution in [-0.4, -0.2) is 19.1 Å². The number of ketones is 1. The van der Waals surface area contributed by atoms with E-state index >= 15 is 0 Å². The van der Waals surface area contributed by atoms with Crippen molar-refractivity contribution in [3.8, 4) is 0 Å². The highest BCUT2D eigenvalue weighted by Gasteiger charge is 2.19. The predicted molar refractivity (Wildman–Crippen MR) is 49.8 cm³/mol. The summed E-state index contributed by atoms with van der Waals surface area (Å²) in [4.78, 5) is 10.8. The van der Waals surface area contributed by atoms with E-state index in [1.165, 1.54) is 0 Å². The average molecular weight is 181 g/mol. The number of rotatable bonds is 0. The predicted octanol–water partition coefficient (Wildman–Crippen LogP) is 2.07. The van der Waals surface area contributed by atoms with E-state index in [0.29, 0.717) is 0 Å². The smallest absolute Gasteiger partial charge is 0.193 e. The summed E-state index contributed by atoms with van der Waals surface area (Å²) >= 11 is 0. The van der Waals surface area contributed by atoms with Crippen molar-refractivity contribution in [1.82, 2.24) is 0 Å². The van der Waals surface area contributed by atoms with Crippen molar-refractivity contribution in [2.24, 2.45) is 0 Å². The van der Waals surface area contributed by atoms with E-state index in [1.807, 2.05) is 24.3 Å². The Balaban J connectivity index is 0.000000157. The molecule has 0 saturated carbocycles. The molecule has 12 heavy (non-hydrogen) atoms. The number of fused-ring (bicyclic) bond motifs is 2. The standard InChI is InChI=1S/C7H4O.C2H6OP/c8-7-5-1-2-6(7)4-3-5;1-4(2)3/h1-4H;1-2H3. The van der Waals surface area contributed by atoms with Crippen LogP contribution in [-0.2, 0) is 9.36 Å². The van der Waals surface area contributed by atoms with Gasteiger partial charge in [-0.3, -0.25) is 9.36 Å². The maximum atomic E-state index is 10.8. The van der Waals surface area contributed by atoms with Crippen LogP contribution in [0.25, 0.3) is 0 Å². The van der Waals surface area contributed by atoms with Gasteiger partial charge in [0.15, 0.2) is 5.78 Å². The molecule has 0 unspecified atom stereocenters. The van der Waals surface area contributed by atoms with Crippen LogP contribution in [0.5, 0.6) is 0 Å². The molecule has 0 fully saturated rings. The first-order chi connectivity index (χ1) is 5.61. The highest BCUT2D eigenvalue weighted by molar-refractivity contribution is 7.42. The van der Waals surface area contributed by atoms with Gasteiger partial charge in [0.25, 0.3) is 0 Å². The monoisotopic (exact) mass is 181 g/mol. The van der Waals surface area contributed by atoms with Gasteiger partial charge in [-0.25, -0.2) is 0 Å². The number of hydrogen-bond acceptors (Lipinski definition) is 2. The molecular weight excluding hydrogens is 171 g/mol. The minimum absolute atomic E-state index is 0.185. The van der Waals surface area contributed by atoms with Crippen molar-refractivity contribution in [3.63, 3.8) is 0 Å². The average Bonchev–Trinajstić information content (AvgIpc) is 2.48. The lowest BCUT2D eigenvalue weighted by atomic mass is 10.2. The number of carbonyl (C=O) groups is 1. The summed E-state index contributed by atoms with van der Waals surface area (Å²) in [6, 6.07) is 0. The van der Waals surface area contributed by atoms with Crippen molar-refractivity contribution < 1.29 is 9.36 Å². The van der Waals surface area contributed by atoms with Crippen LogP contribution in [0, 0.1) is 0 Å². The quantitative estimate of drug-likeness (QED) is 0.536. The number of Topliss-reactive ketones (excluding diaryl/α,β-unsaturated/α-hetero) is 1. The van der Waals surface area contributed by atoms with Crippen LogP contribution in [0.15, 0.2) is 35.5 Å². The van der Waals surface area contributed by atoms with Crippen molar-refractivity contribution in [2.75, 3.05) is 13.3 Å². The van der Waals surface area contributed by atoms with E-state index in [-0.39, 0.29) is 5.78 Å². The molecule has 0 N–H and O–H groups in total. The fourth-order valence-electron chi connectivity index (χ4n) is 0.940. The highest BCUT2D eigenvalue weighted by Crippen LogP contribution is 2.23. The van der Waals surface area contributed by atoms with E-state index in [9.17, 15) is 9.36 Å². The second-order valence-corrected chi connectivity index (χ2v) is 4.34. The summed E-state index contributed by atoms with van der Waals surface area (Å²) in [6.45, 7) is 3.35. The summed E-state index contributed by atoms with van der Waals surface area (Å²) in [6.07, 6.45) is 7.38. The summed E-state index contributed by atoms with van der Waals surface area (Å²) in [5, 5.41) is 0. The Bertz CT molecular complexity index is 293. The summed E-state index contributed by atoms with van der Waals surface area (Å²) in [5.41, 5.74) is 1.67. The van der Waals surface area contributed by atoms with Gasteiger partial charge in [0, 0.05) is 24.5 Å². The van der Waals surface area contributed by atoms with Gasteiger partial charge in [-0.15, -0.1) is 0 Å². The van der Waals surface area contributed by atoms with Crippen LogP contribution in [0.4, 0.5) is 0 Å². The molecule has 2 nitrogen and oxygen atoms in total. The summed E-state index contributed by atoms with van der Waals surface area (Å²) < 4.78 is 9.59. The second kappa shape index (κ2) is 3.59. The first kappa shape index (κ1) is 9.08. The summed E-state index contributed by atoms with van der Waals surface area (Å²) in [7, 11) is -0.870. The van der Waals surface area contributed by atoms with Crippen LogP contribution < -0.4 is 0 Å². The van der Waals surface area contributed by atoms with E-state index < -0.39 is 7.80 Å².